The molecule has 0 saturated carbocycles. The number of hydrogen-bond acceptors (Lipinski definition) is 3. The summed E-state index contributed by atoms with van der Waals surface area (Å²) in [5.74, 6) is 0.549. The lowest BCUT2D eigenvalue weighted by Crippen LogP contribution is -2.50. The Labute approximate surface area is 103 Å². The zero-order chi connectivity index (χ0) is 12.6. The third-order valence-corrected chi connectivity index (χ3v) is 2.99. The molecule has 2 N–H and O–H groups in total. The van der Waals surface area contributed by atoms with Crippen molar-refractivity contribution in [1.29, 1.82) is 0 Å². The molecule has 0 aromatic heterocycles. The van der Waals surface area contributed by atoms with Crippen molar-refractivity contribution < 1.29 is 9.90 Å². The van der Waals surface area contributed by atoms with Crippen LogP contribution in [0.2, 0.25) is 0 Å². The molecule has 0 spiro atoms. The van der Waals surface area contributed by atoms with Crippen molar-refractivity contribution in [1.82, 2.24) is 10.2 Å². The molecule has 0 radical (unpaired) electrons. The predicted octanol–water partition coefficient (Wildman–Crippen LogP) is 0.824. The van der Waals surface area contributed by atoms with Crippen molar-refractivity contribution in [3.8, 4) is 0 Å². The molecular formula is C11H23ClN2O2. The highest BCUT2D eigenvalue weighted by Gasteiger charge is 2.23. The highest BCUT2D eigenvalue weighted by Crippen LogP contribution is 2.10. The summed E-state index contributed by atoms with van der Waals surface area (Å²) in [4.78, 5) is 13.4. The number of aliphatic hydroxyl groups is 1. The van der Waals surface area contributed by atoms with Gasteiger partial charge in [-0.25, -0.2) is 0 Å². The highest BCUT2D eigenvalue weighted by atomic mass is 35.5. The maximum absolute atomic E-state index is 11.4. The van der Waals surface area contributed by atoms with E-state index in [-0.39, 0.29) is 18.1 Å². The fourth-order valence-corrected chi connectivity index (χ4v) is 1.35. The molecule has 0 aliphatic carbocycles. The van der Waals surface area contributed by atoms with E-state index in [9.17, 15) is 4.79 Å². The molecule has 0 heterocycles. The molecule has 0 unspecified atom stereocenters. The molecule has 0 saturated heterocycles. The van der Waals surface area contributed by atoms with Gasteiger partial charge in [0.05, 0.1) is 6.61 Å². The minimum absolute atomic E-state index is 0.0334. The number of β-amino-alcohol motifs (C(OH)–C–C–N with tert-alkyl or cyclic N) is 1. The number of rotatable bonds is 8. The molecule has 0 rings (SSSR count). The first-order chi connectivity index (χ1) is 7.44. The van der Waals surface area contributed by atoms with Crippen LogP contribution in [0.25, 0.3) is 0 Å². The fourth-order valence-electron chi connectivity index (χ4n) is 1.22. The first kappa shape index (κ1) is 15.7. The number of carbonyl (C=O) groups excluding carboxylic acids is 1. The lowest BCUT2D eigenvalue weighted by molar-refractivity contribution is -0.121. The van der Waals surface area contributed by atoms with E-state index in [0.29, 0.717) is 31.8 Å². The zero-order valence-electron chi connectivity index (χ0n) is 10.4. The minimum Gasteiger partial charge on any atom is -0.395 e. The van der Waals surface area contributed by atoms with Crippen molar-refractivity contribution in [2.75, 3.05) is 32.6 Å². The summed E-state index contributed by atoms with van der Waals surface area (Å²) in [6, 6.07) is 0. The molecular weight excluding hydrogens is 228 g/mol. The number of hydrogen-bond donors (Lipinski definition) is 2. The molecule has 16 heavy (non-hydrogen) atoms. The van der Waals surface area contributed by atoms with Gasteiger partial charge < -0.3 is 10.4 Å². The molecule has 0 aromatic rings. The maximum Gasteiger partial charge on any atom is 0.220 e. The molecule has 0 aromatic carbocycles. The van der Waals surface area contributed by atoms with E-state index in [2.05, 4.69) is 5.32 Å². The van der Waals surface area contributed by atoms with E-state index in [1.54, 1.807) is 0 Å². The zero-order valence-corrected chi connectivity index (χ0v) is 11.2. The second-order valence-corrected chi connectivity index (χ2v) is 4.90. The molecule has 0 bridgehead atoms. The highest BCUT2D eigenvalue weighted by molar-refractivity contribution is 6.17. The van der Waals surface area contributed by atoms with E-state index < -0.39 is 0 Å². The molecule has 4 nitrogen and oxygen atoms in total. The number of halogens is 1. The molecule has 0 aliphatic rings. The quantitative estimate of drug-likeness (QED) is 0.628. The lowest BCUT2D eigenvalue weighted by atomic mass is 10.0. The normalized spacial score (nSPS) is 11.9. The van der Waals surface area contributed by atoms with Crippen LogP contribution in [0.1, 0.15) is 26.7 Å². The summed E-state index contributed by atoms with van der Waals surface area (Å²) in [5, 5.41) is 11.7. The van der Waals surface area contributed by atoms with Crippen LogP contribution in [0, 0.1) is 0 Å². The number of nitrogens with one attached hydrogen (secondary N) is 1. The van der Waals surface area contributed by atoms with Crippen LogP contribution in [-0.2, 0) is 4.79 Å². The summed E-state index contributed by atoms with van der Waals surface area (Å²) in [7, 11) is 1.93. The maximum atomic E-state index is 11.4. The Bertz CT molecular complexity index is 210. The topological polar surface area (TPSA) is 52.6 Å². The monoisotopic (exact) mass is 250 g/mol. The van der Waals surface area contributed by atoms with Crippen LogP contribution < -0.4 is 5.32 Å². The van der Waals surface area contributed by atoms with Gasteiger partial charge in [-0.15, -0.1) is 11.6 Å². The van der Waals surface area contributed by atoms with Gasteiger partial charge in [-0.05, 0) is 27.3 Å². The van der Waals surface area contributed by atoms with Gasteiger partial charge in [0.15, 0.2) is 0 Å². The van der Waals surface area contributed by atoms with Crippen molar-refractivity contribution in [2.45, 2.75) is 32.2 Å². The van der Waals surface area contributed by atoms with Gasteiger partial charge in [0.25, 0.3) is 0 Å². The second kappa shape index (κ2) is 7.87. The number of amides is 1. The van der Waals surface area contributed by atoms with E-state index in [4.69, 9.17) is 16.7 Å². The Hall–Kier alpha value is -0.320. The predicted molar refractivity (Wildman–Crippen MR) is 66.8 cm³/mol. The second-order valence-electron chi connectivity index (χ2n) is 4.53. The van der Waals surface area contributed by atoms with Gasteiger partial charge in [-0.3, -0.25) is 9.69 Å². The summed E-state index contributed by atoms with van der Waals surface area (Å²) in [5.41, 5.74) is -0.153. The van der Waals surface area contributed by atoms with Gasteiger partial charge >= 0.3 is 0 Å². The van der Waals surface area contributed by atoms with Crippen LogP contribution >= 0.6 is 11.6 Å². The number of nitrogens with zero attached hydrogens (tertiary/aromatic N) is 1. The molecule has 5 heteroatoms. The third-order valence-electron chi connectivity index (χ3n) is 2.72. The third kappa shape index (κ3) is 6.30. The molecule has 0 fully saturated rings. The first-order valence-corrected chi connectivity index (χ1v) is 6.12. The summed E-state index contributed by atoms with van der Waals surface area (Å²) < 4.78 is 0. The summed E-state index contributed by atoms with van der Waals surface area (Å²) in [6.45, 7) is 5.37. The van der Waals surface area contributed by atoms with Crippen LogP contribution in [0.4, 0.5) is 0 Å². The standard InChI is InChI=1S/C11H23ClN2O2/c1-11(2,14(3)7-8-15)9-13-10(16)5-4-6-12/h15H,4-9H2,1-3H3,(H,13,16). The van der Waals surface area contributed by atoms with E-state index >= 15 is 0 Å². The molecule has 1 amide bonds. The Morgan fingerprint density at radius 3 is 2.62 bits per heavy atom. The van der Waals surface area contributed by atoms with Crippen molar-refractivity contribution in [2.24, 2.45) is 0 Å². The molecule has 0 aliphatic heterocycles. The number of alkyl halides is 1. The Balaban J connectivity index is 3.92. The average Bonchev–Trinajstić information content (AvgIpc) is 2.24. The van der Waals surface area contributed by atoms with Crippen LogP contribution in [0.15, 0.2) is 0 Å². The first-order valence-electron chi connectivity index (χ1n) is 5.59. The summed E-state index contributed by atoms with van der Waals surface area (Å²) >= 11 is 5.51. The van der Waals surface area contributed by atoms with Gasteiger partial charge in [0, 0.05) is 30.9 Å². The average molecular weight is 251 g/mol. The Morgan fingerprint density at radius 1 is 1.50 bits per heavy atom. The van der Waals surface area contributed by atoms with Crippen molar-refractivity contribution in [3.63, 3.8) is 0 Å². The van der Waals surface area contributed by atoms with Crippen molar-refractivity contribution in [3.05, 3.63) is 0 Å². The Morgan fingerprint density at radius 2 is 2.12 bits per heavy atom. The largest absolute Gasteiger partial charge is 0.395 e. The summed E-state index contributed by atoms with van der Waals surface area (Å²) in [6.07, 6.45) is 1.18. The van der Waals surface area contributed by atoms with Crippen LogP contribution in [0.5, 0.6) is 0 Å². The smallest absolute Gasteiger partial charge is 0.220 e. The van der Waals surface area contributed by atoms with Crippen LogP contribution in [-0.4, -0.2) is 54.1 Å². The fraction of sp³-hybridized carbons (Fsp3) is 0.909. The minimum atomic E-state index is -0.153. The lowest BCUT2D eigenvalue weighted by Gasteiger charge is -2.35. The van der Waals surface area contributed by atoms with E-state index in [1.807, 2.05) is 25.8 Å². The number of carbonyl (C=O) groups is 1. The van der Waals surface area contributed by atoms with Gasteiger partial charge in [0.2, 0.25) is 5.91 Å². The molecule has 96 valence electrons. The SMILES string of the molecule is CN(CCO)C(C)(C)CNC(=O)CCCCl. The van der Waals surface area contributed by atoms with Gasteiger partial charge in [0.1, 0.15) is 0 Å². The molecule has 0 atom stereocenters. The number of aliphatic hydroxyl groups excluding tert-OH is 1. The van der Waals surface area contributed by atoms with E-state index in [1.165, 1.54) is 0 Å². The van der Waals surface area contributed by atoms with Gasteiger partial charge in [-0.1, -0.05) is 0 Å². The van der Waals surface area contributed by atoms with Crippen LogP contribution in [0.3, 0.4) is 0 Å². The Kier molecular flexibility index (Phi) is 7.72. The van der Waals surface area contributed by atoms with E-state index in [0.717, 1.165) is 0 Å². The number of likely N-dealkylation sites (N-methyl/N-ethyl adjacent to an activating group) is 1. The van der Waals surface area contributed by atoms with Gasteiger partial charge in [-0.2, -0.15) is 0 Å². The van der Waals surface area contributed by atoms with Crippen molar-refractivity contribution >= 4 is 17.5 Å².